The van der Waals surface area contributed by atoms with E-state index in [1.165, 1.54) is 29.6 Å². The molecule has 2 aromatic heterocycles. The Hall–Kier alpha value is -2.52. The third kappa shape index (κ3) is 3.83. The molecule has 0 unspecified atom stereocenters. The summed E-state index contributed by atoms with van der Waals surface area (Å²) in [5, 5.41) is 16.7. The zero-order valence-electron chi connectivity index (χ0n) is 14.0. The molecule has 0 saturated heterocycles. The molecular formula is C17H17N3O4S2. The highest BCUT2D eigenvalue weighted by Crippen LogP contribution is 2.38. The predicted molar refractivity (Wildman–Crippen MR) is 103 cm³/mol. The minimum atomic E-state index is -0.464. The van der Waals surface area contributed by atoms with E-state index in [9.17, 15) is 19.7 Å². The van der Waals surface area contributed by atoms with Crippen molar-refractivity contribution in [3.05, 3.63) is 49.2 Å². The molecule has 0 aromatic carbocycles. The lowest BCUT2D eigenvalue weighted by atomic mass is 9.95. The number of carbonyl (C=O) groups excluding carboxylic acids is 2. The maximum Gasteiger partial charge on any atom is 0.324 e. The van der Waals surface area contributed by atoms with Crippen LogP contribution in [0.5, 0.6) is 0 Å². The number of hydrogen-bond donors (Lipinski definition) is 2. The topological polar surface area (TPSA) is 101 Å². The largest absolute Gasteiger partial charge is 0.355 e. The van der Waals surface area contributed by atoms with Gasteiger partial charge in [0.05, 0.1) is 10.5 Å². The van der Waals surface area contributed by atoms with Crippen LogP contribution in [0.3, 0.4) is 0 Å². The average Bonchev–Trinajstić information content (AvgIpc) is 3.23. The molecule has 2 N–H and O–H groups in total. The van der Waals surface area contributed by atoms with E-state index < -0.39 is 4.92 Å². The van der Waals surface area contributed by atoms with Crippen molar-refractivity contribution in [2.24, 2.45) is 0 Å². The molecule has 7 nitrogen and oxygen atoms in total. The number of nitrogens with zero attached hydrogens (tertiary/aromatic N) is 1. The summed E-state index contributed by atoms with van der Waals surface area (Å²) in [5.41, 5.74) is 1.59. The number of amides is 2. The molecule has 0 spiro atoms. The van der Waals surface area contributed by atoms with Gasteiger partial charge in [0, 0.05) is 28.9 Å². The number of hydrogen-bond acceptors (Lipinski definition) is 6. The molecule has 0 radical (unpaired) electrons. The van der Waals surface area contributed by atoms with Crippen LogP contribution in [0.1, 0.15) is 38.5 Å². The lowest BCUT2D eigenvalue weighted by Gasteiger charge is -2.12. The van der Waals surface area contributed by atoms with Crippen LogP contribution in [-0.2, 0) is 17.6 Å². The van der Waals surface area contributed by atoms with Gasteiger partial charge in [-0.05, 0) is 43.4 Å². The minimum Gasteiger partial charge on any atom is -0.355 e. The maximum absolute atomic E-state index is 12.3. The fourth-order valence-corrected chi connectivity index (χ4v) is 4.87. The molecule has 3 rings (SSSR count). The normalized spacial score (nSPS) is 13.4. The highest BCUT2D eigenvalue weighted by Gasteiger charge is 2.25. The Bertz CT molecular complexity index is 898. The first-order chi connectivity index (χ1) is 12.5. The first kappa shape index (κ1) is 18.3. The van der Waals surface area contributed by atoms with Crippen LogP contribution in [0.2, 0.25) is 0 Å². The standard InChI is InChI=1S/C17H17N3O4S2/c1-18-16(22)15-11-4-2-3-5-12(11)26-17(15)19-13(21)8-6-10-7-9-14(25-10)20(23)24/h6-9H,2-5H2,1H3,(H,18,22)(H,19,21)/b8-6+. The smallest absolute Gasteiger partial charge is 0.324 e. The first-order valence-corrected chi connectivity index (χ1v) is 9.72. The molecular weight excluding hydrogens is 374 g/mol. The lowest BCUT2D eigenvalue weighted by molar-refractivity contribution is -0.380. The van der Waals surface area contributed by atoms with Crippen LogP contribution in [0.25, 0.3) is 6.08 Å². The molecule has 0 bridgehead atoms. The van der Waals surface area contributed by atoms with E-state index in [1.807, 2.05) is 0 Å². The van der Waals surface area contributed by atoms with Crippen LogP contribution >= 0.6 is 22.7 Å². The summed E-state index contributed by atoms with van der Waals surface area (Å²) < 4.78 is 0. The van der Waals surface area contributed by atoms with Crippen molar-refractivity contribution in [1.29, 1.82) is 0 Å². The Morgan fingerprint density at radius 2 is 2.00 bits per heavy atom. The van der Waals surface area contributed by atoms with Crippen LogP contribution in [0.4, 0.5) is 10.0 Å². The van der Waals surface area contributed by atoms with Gasteiger partial charge in [-0.3, -0.25) is 19.7 Å². The molecule has 2 amide bonds. The summed E-state index contributed by atoms with van der Waals surface area (Å²) in [6, 6.07) is 2.99. The molecule has 0 saturated carbocycles. The van der Waals surface area contributed by atoms with Gasteiger partial charge in [0.2, 0.25) is 5.91 Å². The zero-order chi connectivity index (χ0) is 18.7. The number of fused-ring (bicyclic) bond motifs is 1. The highest BCUT2D eigenvalue weighted by atomic mass is 32.1. The van der Waals surface area contributed by atoms with Crippen LogP contribution in [-0.4, -0.2) is 23.8 Å². The van der Waals surface area contributed by atoms with E-state index in [-0.39, 0.29) is 16.8 Å². The van der Waals surface area contributed by atoms with E-state index in [0.717, 1.165) is 47.5 Å². The molecule has 0 atom stereocenters. The van der Waals surface area contributed by atoms with Crippen LogP contribution < -0.4 is 10.6 Å². The summed E-state index contributed by atoms with van der Waals surface area (Å²) in [4.78, 5) is 36.5. The molecule has 9 heteroatoms. The second kappa shape index (κ2) is 7.79. The third-order valence-electron chi connectivity index (χ3n) is 4.05. The number of thiophene rings is 2. The van der Waals surface area contributed by atoms with Gasteiger partial charge < -0.3 is 10.6 Å². The van der Waals surface area contributed by atoms with Gasteiger partial charge in [-0.15, -0.1) is 11.3 Å². The zero-order valence-corrected chi connectivity index (χ0v) is 15.7. The van der Waals surface area contributed by atoms with Gasteiger partial charge in [-0.25, -0.2) is 0 Å². The molecule has 1 aliphatic rings. The molecule has 2 heterocycles. The summed E-state index contributed by atoms with van der Waals surface area (Å²) >= 11 is 2.45. The number of nitrogens with one attached hydrogen (secondary N) is 2. The third-order valence-corrected chi connectivity index (χ3v) is 6.26. The monoisotopic (exact) mass is 391 g/mol. The van der Waals surface area contributed by atoms with Gasteiger partial charge >= 0.3 is 5.00 Å². The fraction of sp³-hybridized carbons (Fsp3) is 0.294. The van der Waals surface area contributed by atoms with E-state index in [2.05, 4.69) is 10.6 Å². The van der Waals surface area contributed by atoms with Crippen molar-refractivity contribution < 1.29 is 14.5 Å². The van der Waals surface area contributed by atoms with Crippen molar-refractivity contribution in [1.82, 2.24) is 5.32 Å². The lowest BCUT2D eigenvalue weighted by Crippen LogP contribution is -2.21. The summed E-state index contributed by atoms with van der Waals surface area (Å²) in [7, 11) is 1.57. The second-order valence-electron chi connectivity index (χ2n) is 5.75. The number of carbonyl (C=O) groups is 2. The number of rotatable bonds is 5. The minimum absolute atomic E-state index is 0.0258. The molecule has 26 heavy (non-hydrogen) atoms. The summed E-state index contributed by atoms with van der Waals surface area (Å²) in [6.45, 7) is 0. The predicted octanol–water partition coefficient (Wildman–Crippen LogP) is 3.61. The first-order valence-electron chi connectivity index (χ1n) is 8.09. The summed E-state index contributed by atoms with van der Waals surface area (Å²) in [6.07, 6.45) is 6.75. The Morgan fingerprint density at radius 1 is 1.23 bits per heavy atom. The summed E-state index contributed by atoms with van der Waals surface area (Å²) in [5.74, 6) is -0.567. The van der Waals surface area contributed by atoms with E-state index in [1.54, 1.807) is 13.1 Å². The number of anilines is 1. The van der Waals surface area contributed by atoms with Crippen molar-refractivity contribution in [2.75, 3.05) is 12.4 Å². The van der Waals surface area contributed by atoms with Crippen molar-refractivity contribution >= 4 is 50.6 Å². The molecule has 1 aliphatic carbocycles. The quantitative estimate of drug-likeness (QED) is 0.462. The number of aryl methyl sites for hydroxylation is 1. The Morgan fingerprint density at radius 3 is 2.69 bits per heavy atom. The Balaban J connectivity index is 1.78. The molecule has 0 fully saturated rings. The average molecular weight is 391 g/mol. The van der Waals surface area contributed by atoms with Crippen molar-refractivity contribution in [3.63, 3.8) is 0 Å². The number of nitro groups is 1. The van der Waals surface area contributed by atoms with Gasteiger partial charge in [-0.2, -0.15) is 0 Å². The molecule has 0 aliphatic heterocycles. The SMILES string of the molecule is CNC(=O)c1c(NC(=O)/C=C/c2ccc([N+](=O)[O-])s2)sc2c1CCCC2. The van der Waals surface area contributed by atoms with Gasteiger partial charge in [-0.1, -0.05) is 11.3 Å². The molecule has 136 valence electrons. The molecule has 2 aromatic rings. The van der Waals surface area contributed by atoms with Gasteiger partial charge in [0.1, 0.15) is 5.00 Å². The Labute approximate surface area is 157 Å². The second-order valence-corrected chi connectivity index (χ2v) is 7.95. The van der Waals surface area contributed by atoms with Crippen molar-refractivity contribution in [3.8, 4) is 0 Å². The van der Waals surface area contributed by atoms with E-state index in [4.69, 9.17) is 0 Å². The van der Waals surface area contributed by atoms with Crippen molar-refractivity contribution in [2.45, 2.75) is 25.7 Å². The highest BCUT2D eigenvalue weighted by molar-refractivity contribution is 7.17. The maximum atomic E-state index is 12.3. The fourth-order valence-electron chi connectivity index (χ4n) is 2.86. The van der Waals surface area contributed by atoms with Gasteiger partial charge in [0.15, 0.2) is 0 Å². The van der Waals surface area contributed by atoms with E-state index >= 15 is 0 Å². The van der Waals surface area contributed by atoms with E-state index in [0.29, 0.717) is 15.4 Å². The van der Waals surface area contributed by atoms with Gasteiger partial charge in [0.25, 0.3) is 5.91 Å². The van der Waals surface area contributed by atoms with Crippen LogP contribution in [0.15, 0.2) is 18.2 Å². The van der Waals surface area contributed by atoms with Crippen LogP contribution in [0, 0.1) is 10.1 Å². The Kier molecular flexibility index (Phi) is 5.48.